The Bertz CT molecular complexity index is 1240. The summed E-state index contributed by atoms with van der Waals surface area (Å²) in [6.07, 6.45) is -0.727. The van der Waals surface area contributed by atoms with Crippen LogP contribution in [0.3, 0.4) is 0 Å². The lowest BCUT2D eigenvalue weighted by atomic mass is 10.0. The van der Waals surface area contributed by atoms with Crippen LogP contribution in [0.5, 0.6) is 5.75 Å². The predicted octanol–water partition coefficient (Wildman–Crippen LogP) is 2.58. The molecule has 0 aromatic heterocycles. The normalized spacial score (nSPS) is 13.5. The average molecular weight is 583 g/mol. The molecule has 4 amide bonds. The van der Waals surface area contributed by atoms with Gasteiger partial charge < -0.3 is 20.9 Å². The third-order valence-electron chi connectivity index (χ3n) is 6.43. The first-order valence-corrected chi connectivity index (χ1v) is 13.8. The molecular formula is C31H42N4O7. The number of imide groups is 3. The van der Waals surface area contributed by atoms with E-state index in [9.17, 15) is 29.1 Å². The number of rotatable bonds is 12. The molecule has 0 saturated carbocycles. The Morgan fingerprint density at radius 2 is 1.52 bits per heavy atom. The molecular weight excluding hydrogens is 540 g/mol. The number of hydrogen-bond acceptors (Lipinski definition) is 9. The number of ketones is 1. The molecule has 0 heterocycles. The van der Waals surface area contributed by atoms with Gasteiger partial charge in [-0.15, -0.1) is 0 Å². The third kappa shape index (κ3) is 10.4. The zero-order chi connectivity index (χ0) is 31.6. The maximum absolute atomic E-state index is 13.5. The highest BCUT2D eigenvalue weighted by atomic mass is 16.6. The Balaban J connectivity index is 2.23. The molecule has 2 rings (SSSR count). The number of ether oxygens (including phenoxy) is 1. The number of nitrogens with zero attached hydrogens (tertiary/aromatic N) is 2. The summed E-state index contributed by atoms with van der Waals surface area (Å²) in [6, 6.07) is 12.5. The predicted molar refractivity (Wildman–Crippen MR) is 157 cm³/mol. The second kappa shape index (κ2) is 15.2. The Labute approximate surface area is 247 Å². The number of Topliss-reactive ketones (excluding diaryl/α,β-unsaturated/α-hetero) is 1. The van der Waals surface area contributed by atoms with E-state index in [1.807, 2.05) is 30.3 Å². The smallest absolute Gasteiger partial charge is 0.424 e. The Hall–Kier alpha value is -4.09. The molecule has 0 bridgehead atoms. The van der Waals surface area contributed by atoms with Gasteiger partial charge in [0.25, 0.3) is 11.8 Å². The van der Waals surface area contributed by atoms with Crippen LogP contribution in [0.15, 0.2) is 54.6 Å². The lowest BCUT2D eigenvalue weighted by Crippen LogP contribution is -2.57. The van der Waals surface area contributed by atoms with Gasteiger partial charge in [-0.2, -0.15) is 4.90 Å². The number of carbonyl (C=O) groups is 5. The van der Waals surface area contributed by atoms with Crippen molar-refractivity contribution in [3.8, 4) is 5.75 Å². The van der Waals surface area contributed by atoms with E-state index in [1.54, 1.807) is 44.7 Å². The molecule has 0 fully saturated rings. The SMILES string of the molecule is CCN(CC(=O)N(C(=O)OC(C)(C)C)C(=O)[C@@H](C)NC(=O)[C@@H](N)Cc1ccc(O)cc1)C(Cc1ccccc1)C(C)=O. The second-order valence-electron chi connectivity index (χ2n) is 11.1. The summed E-state index contributed by atoms with van der Waals surface area (Å²) >= 11 is 0. The van der Waals surface area contributed by atoms with Crippen molar-refractivity contribution in [1.82, 2.24) is 15.1 Å². The number of nitrogens with one attached hydrogen (secondary N) is 1. The van der Waals surface area contributed by atoms with Crippen LogP contribution in [0.4, 0.5) is 4.79 Å². The summed E-state index contributed by atoms with van der Waals surface area (Å²) in [5.41, 5.74) is 6.59. The van der Waals surface area contributed by atoms with Crippen LogP contribution in [-0.4, -0.2) is 81.3 Å². The van der Waals surface area contributed by atoms with Crippen molar-refractivity contribution in [3.05, 3.63) is 65.7 Å². The van der Waals surface area contributed by atoms with Gasteiger partial charge in [-0.25, -0.2) is 4.79 Å². The average Bonchev–Trinajstić information content (AvgIpc) is 2.91. The number of amides is 4. The maximum Gasteiger partial charge on any atom is 0.424 e. The monoisotopic (exact) mass is 582 g/mol. The highest BCUT2D eigenvalue weighted by Gasteiger charge is 2.38. The Kier molecular flexibility index (Phi) is 12.4. The molecule has 2 aromatic carbocycles. The van der Waals surface area contributed by atoms with Crippen molar-refractivity contribution < 1.29 is 33.8 Å². The van der Waals surface area contributed by atoms with Gasteiger partial charge in [0, 0.05) is 0 Å². The molecule has 11 heteroatoms. The zero-order valence-electron chi connectivity index (χ0n) is 25.1. The topological polar surface area (TPSA) is 159 Å². The first-order valence-electron chi connectivity index (χ1n) is 13.8. The van der Waals surface area contributed by atoms with Crippen LogP contribution in [0, 0.1) is 0 Å². The molecule has 0 aliphatic rings. The van der Waals surface area contributed by atoms with Gasteiger partial charge in [0.2, 0.25) is 5.91 Å². The number of benzene rings is 2. The second-order valence-corrected chi connectivity index (χ2v) is 11.1. The first-order chi connectivity index (χ1) is 19.6. The van der Waals surface area contributed by atoms with Gasteiger partial charge in [0.05, 0.1) is 18.6 Å². The van der Waals surface area contributed by atoms with Crippen LogP contribution >= 0.6 is 0 Å². The van der Waals surface area contributed by atoms with Gasteiger partial charge >= 0.3 is 6.09 Å². The fourth-order valence-corrected chi connectivity index (χ4v) is 4.23. The molecule has 11 nitrogen and oxygen atoms in total. The fourth-order valence-electron chi connectivity index (χ4n) is 4.23. The summed E-state index contributed by atoms with van der Waals surface area (Å²) in [4.78, 5) is 67.5. The van der Waals surface area contributed by atoms with E-state index >= 15 is 0 Å². The number of phenolic OH excluding ortho intramolecular Hbond substituents is 1. The lowest BCUT2D eigenvalue weighted by Gasteiger charge is -2.31. The number of phenols is 1. The van der Waals surface area contributed by atoms with E-state index in [4.69, 9.17) is 10.5 Å². The summed E-state index contributed by atoms with van der Waals surface area (Å²) in [7, 11) is 0. The molecule has 1 unspecified atom stereocenters. The summed E-state index contributed by atoms with van der Waals surface area (Å²) in [5, 5.41) is 11.9. The van der Waals surface area contributed by atoms with Crippen LogP contribution < -0.4 is 11.1 Å². The molecule has 0 spiro atoms. The van der Waals surface area contributed by atoms with E-state index in [0.29, 0.717) is 16.9 Å². The van der Waals surface area contributed by atoms with E-state index in [1.165, 1.54) is 26.0 Å². The number of likely N-dealkylation sites (N-methyl/N-ethyl adjacent to an activating group) is 1. The largest absolute Gasteiger partial charge is 0.508 e. The van der Waals surface area contributed by atoms with E-state index in [-0.39, 0.29) is 24.5 Å². The van der Waals surface area contributed by atoms with Crippen LogP contribution in [0.25, 0.3) is 0 Å². The van der Waals surface area contributed by atoms with Crippen molar-refractivity contribution in [3.63, 3.8) is 0 Å². The van der Waals surface area contributed by atoms with Crippen molar-refractivity contribution in [2.75, 3.05) is 13.1 Å². The minimum absolute atomic E-state index is 0.0687. The third-order valence-corrected chi connectivity index (χ3v) is 6.43. The van der Waals surface area contributed by atoms with Gasteiger partial charge in [-0.1, -0.05) is 49.4 Å². The summed E-state index contributed by atoms with van der Waals surface area (Å²) in [6.45, 7) is 9.18. The van der Waals surface area contributed by atoms with Crippen molar-refractivity contribution >= 4 is 29.6 Å². The van der Waals surface area contributed by atoms with Crippen molar-refractivity contribution in [1.29, 1.82) is 0 Å². The quantitative estimate of drug-likeness (QED) is 0.342. The Morgan fingerprint density at radius 3 is 2.05 bits per heavy atom. The molecule has 228 valence electrons. The highest BCUT2D eigenvalue weighted by Crippen LogP contribution is 2.15. The minimum atomic E-state index is -1.30. The van der Waals surface area contributed by atoms with E-state index < -0.39 is 54.1 Å². The van der Waals surface area contributed by atoms with Gasteiger partial charge in [-0.3, -0.25) is 24.1 Å². The first kappa shape index (κ1) is 34.1. The molecule has 0 aliphatic heterocycles. The van der Waals surface area contributed by atoms with Crippen molar-refractivity contribution in [2.24, 2.45) is 5.73 Å². The van der Waals surface area contributed by atoms with Gasteiger partial charge in [0.15, 0.2) is 0 Å². The summed E-state index contributed by atoms with van der Waals surface area (Å²) in [5.74, 6) is -2.68. The standard InChI is InChI=1S/C31H42N4O7/c1-7-34(26(21(3)36)18-22-11-9-8-10-12-22)19-27(38)35(30(41)42-31(4,5)6)29(40)20(2)33-28(39)25(32)17-23-13-15-24(37)16-14-23/h8-16,20,25-26,37H,7,17-19,32H2,1-6H3,(H,33,39)/t20-,25+,26?/m1/s1. The number of hydrogen-bond donors (Lipinski definition) is 3. The van der Waals surface area contributed by atoms with Crippen LogP contribution in [0.2, 0.25) is 0 Å². The molecule has 3 atom stereocenters. The zero-order valence-corrected chi connectivity index (χ0v) is 25.1. The molecule has 2 aromatic rings. The Morgan fingerprint density at radius 1 is 0.952 bits per heavy atom. The van der Waals surface area contributed by atoms with Gasteiger partial charge in [0.1, 0.15) is 23.2 Å². The lowest BCUT2D eigenvalue weighted by molar-refractivity contribution is -0.146. The van der Waals surface area contributed by atoms with Gasteiger partial charge in [-0.05, 0) is 77.3 Å². The summed E-state index contributed by atoms with van der Waals surface area (Å²) < 4.78 is 5.35. The van der Waals surface area contributed by atoms with E-state index in [0.717, 1.165) is 5.56 Å². The molecule has 0 saturated heterocycles. The molecule has 0 aliphatic carbocycles. The fraction of sp³-hybridized carbons (Fsp3) is 0.452. The molecule has 4 N–H and O–H groups in total. The van der Waals surface area contributed by atoms with Crippen LogP contribution in [0.1, 0.15) is 52.7 Å². The van der Waals surface area contributed by atoms with E-state index in [2.05, 4.69) is 5.32 Å². The molecule has 0 radical (unpaired) electrons. The van der Waals surface area contributed by atoms with Crippen LogP contribution in [-0.2, 0) is 36.8 Å². The maximum atomic E-state index is 13.5. The highest BCUT2D eigenvalue weighted by molar-refractivity contribution is 6.11. The number of carbonyl (C=O) groups excluding carboxylic acids is 5. The molecule has 42 heavy (non-hydrogen) atoms. The number of aromatic hydroxyl groups is 1. The number of nitrogens with two attached hydrogens (primary N) is 1. The minimum Gasteiger partial charge on any atom is -0.508 e. The van der Waals surface area contributed by atoms with Crippen molar-refractivity contribution in [2.45, 2.75) is 78.1 Å².